The first-order valence-electron chi connectivity index (χ1n) is 3.74. The van der Waals surface area contributed by atoms with Crippen molar-refractivity contribution in [1.82, 2.24) is 5.32 Å². The van der Waals surface area contributed by atoms with E-state index >= 15 is 0 Å². The second-order valence-electron chi connectivity index (χ2n) is 2.51. The highest BCUT2D eigenvalue weighted by Gasteiger charge is 1.96. The predicted molar refractivity (Wildman–Crippen MR) is 50.7 cm³/mol. The highest BCUT2D eigenvalue weighted by molar-refractivity contribution is 5.72. The van der Waals surface area contributed by atoms with Crippen molar-refractivity contribution in [3.8, 4) is 0 Å². The SMILES string of the molecule is C=C/N=C\C=C(/NC)C(C)C. The lowest BCUT2D eigenvalue weighted by molar-refractivity contribution is 0.701. The van der Waals surface area contributed by atoms with E-state index in [9.17, 15) is 0 Å². The van der Waals surface area contributed by atoms with Crippen LogP contribution in [0.3, 0.4) is 0 Å². The predicted octanol–water partition coefficient (Wildman–Crippen LogP) is 1.96. The number of hydrogen-bond donors (Lipinski definition) is 1. The molecule has 62 valence electrons. The van der Waals surface area contributed by atoms with E-state index in [0.717, 1.165) is 0 Å². The minimum Gasteiger partial charge on any atom is -0.391 e. The third kappa shape index (κ3) is 4.37. The summed E-state index contributed by atoms with van der Waals surface area (Å²) in [5.41, 5.74) is 1.18. The molecular formula is C9H16N2. The average Bonchev–Trinajstić information content (AvgIpc) is 1.97. The summed E-state index contributed by atoms with van der Waals surface area (Å²) in [5.74, 6) is 0.510. The maximum Gasteiger partial charge on any atom is 0.0284 e. The standard InChI is InChI=1S/C9H16N2/c1-5-11-7-6-9(10-4)8(2)3/h5-8,10H,1H2,2-4H3/b9-6-,11-7-. The molecule has 1 N–H and O–H groups in total. The first-order chi connectivity index (χ1) is 5.22. The van der Waals surface area contributed by atoms with Crippen LogP contribution in [-0.4, -0.2) is 13.3 Å². The van der Waals surface area contributed by atoms with Crippen molar-refractivity contribution < 1.29 is 0 Å². The first kappa shape index (κ1) is 9.95. The van der Waals surface area contributed by atoms with Gasteiger partial charge in [-0.05, 0) is 12.0 Å². The minimum atomic E-state index is 0.510. The van der Waals surface area contributed by atoms with Gasteiger partial charge >= 0.3 is 0 Å². The van der Waals surface area contributed by atoms with E-state index in [-0.39, 0.29) is 0 Å². The zero-order chi connectivity index (χ0) is 8.69. The Morgan fingerprint density at radius 1 is 1.55 bits per heavy atom. The van der Waals surface area contributed by atoms with Gasteiger partial charge in [-0.1, -0.05) is 20.4 Å². The summed E-state index contributed by atoms with van der Waals surface area (Å²) < 4.78 is 0. The molecule has 0 amide bonds. The maximum atomic E-state index is 3.86. The summed E-state index contributed by atoms with van der Waals surface area (Å²) in [6.45, 7) is 7.74. The van der Waals surface area contributed by atoms with Crippen LogP contribution in [0, 0.1) is 5.92 Å². The van der Waals surface area contributed by atoms with Crippen molar-refractivity contribution in [2.24, 2.45) is 10.9 Å². The minimum absolute atomic E-state index is 0.510. The van der Waals surface area contributed by atoms with Gasteiger partial charge < -0.3 is 5.32 Å². The number of rotatable bonds is 4. The van der Waals surface area contributed by atoms with Gasteiger partial charge in [0.15, 0.2) is 0 Å². The number of nitrogens with one attached hydrogen (secondary N) is 1. The molecule has 0 aliphatic rings. The number of aliphatic imine (C=N–C) groups is 1. The molecule has 2 nitrogen and oxygen atoms in total. The fourth-order valence-corrected chi connectivity index (χ4v) is 0.749. The van der Waals surface area contributed by atoms with Gasteiger partial charge in [-0.2, -0.15) is 0 Å². The van der Waals surface area contributed by atoms with Crippen LogP contribution in [0.4, 0.5) is 0 Å². The molecule has 0 bridgehead atoms. The molecule has 0 aliphatic heterocycles. The van der Waals surface area contributed by atoms with Gasteiger partial charge in [-0.25, -0.2) is 0 Å². The smallest absolute Gasteiger partial charge is 0.0284 e. The number of hydrogen-bond acceptors (Lipinski definition) is 2. The highest BCUT2D eigenvalue weighted by Crippen LogP contribution is 2.02. The fraction of sp³-hybridized carbons (Fsp3) is 0.444. The lowest BCUT2D eigenvalue weighted by atomic mass is 10.1. The summed E-state index contributed by atoms with van der Waals surface area (Å²) in [6, 6.07) is 0. The average molecular weight is 152 g/mol. The van der Waals surface area contributed by atoms with Crippen LogP contribution in [0.1, 0.15) is 13.8 Å². The van der Waals surface area contributed by atoms with Crippen molar-refractivity contribution in [1.29, 1.82) is 0 Å². The van der Waals surface area contributed by atoms with Crippen molar-refractivity contribution >= 4 is 6.21 Å². The van der Waals surface area contributed by atoms with E-state index in [1.807, 2.05) is 13.1 Å². The van der Waals surface area contributed by atoms with Gasteiger partial charge in [0.2, 0.25) is 0 Å². The third-order valence-corrected chi connectivity index (χ3v) is 1.36. The van der Waals surface area contributed by atoms with Crippen LogP contribution in [0.15, 0.2) is 29.5 Å². The van der Waals surface area contributed by atoms with E-state index in [4.69, 9.17) is 0 Å². The molecule has 0 saturated heterocycles. The molecule has 0 aliphatic carbocycles. The highest BCUT2D eigenvalue weighted by atomic mass is 14.8. The van der Waals surface area contributed by atoms with Gasteiger partial charge in [0.05, 0.1) is 0 Å². The van der Waals surface area contributed by atoms with Gasteiger partial charge in [0.1, 0.15) is 0 Å². The molecule has 0 atom stereocenters. The lowest BCUT2D eigenvalue weighted by Crippen LogP contribution is -2.11. The Labute approximate surface area is 68.7 Å². The number of allylic oxidation sites excluding steroid dienone is 2. The van der Waals surface area contributed by atoms with Crippen LogP contribution >= 0.6 is 0 Å². The largest absolute Gasteiger partial charge is 0.391 e. The van der Waals surface area contributed by atoms with Crippen LogP contribution in [0.25, 0.3) is 0 Å². The Balaban J connectivity index is 4.11. The summed E-state index contributed by atoms with van der Waals surface area (Å²) in [4.78, 5) is 3.86. The second kappa shape index (κ2) is 5.71. The van der Waals surface area contributed by atoms with Crippen LogP contribution in [0.2, 0.25) is 0 Å². The fourth-order valence-electron chi connectivity index (χ4n) is 0.749. The zero-order valence-corrected chi connectivity index (χ0v) is 7.46. The topological polar surface area (TPSA) is 24.4 Å². The van der Waals surface area contributed by atoms with Crippen molar-refractivity contribution in [3.63, 3.8) is 0 Å². The normalized spacial score (nSPS) is 12.5. The summed E-state index contributed by atoms with van der Waals surface area (Å²) in [5, 5.41) is 3.10. The Morgan fingerprint density at radius 3 is 2.55 bits per heavy atom. The quantitative estimate of drug-likeness (QED) is 0.612. The first-order valence-corrected chi connectivity index (χ1v) is 3.74. The van der Waals surface area contributed by atoms with Gasteiger partial charge in [0.25, 0.3) is 0 Å². The zero-order valence-electron chi connectivity index (χ0n) is 7.46. The van der Waals surface area contributed by atoms with Crippen LogP contribution in [-0.2, 0) is 0 Å². The van der Waals surface area contributed by atoms with E-state index in [1.165, 1.54) is 11.9 Å². The molecule has 0 rings (SSSR count). The summed E-state index contributed by atoms with van der Waals surface area (Å²) in [6.07, 6.45) is 5.20. The lowest BCUT2D eigenvalue weighted by Gasteiger charge is -2.08. The van der Waals surface area contributed by atoms with Crippen molar-refractivity contribution in [2.45, 2.75) is 13.8 Å². The summed E-state index contributed by atoms with van der Waals surface area (Å²) >= 11 is 0. The van der Waals surface area contributed by atoms with Crippen LogP contribution < -0.4 is 5.32 Å². The molecule has 0 aromatic carbocycles. The Kier molecular flexibility index (Phi) is 5.17. The van der Waals surface area contributed by atoms with Crippen molar-refractivity contribution in [2.75, 3.05) is 7.05 Å². The molecule has 0 unspecified atom stereocenters. The molecule has 0 fully saturated rings. The summed E-state index contributed by atoms with van der Waals surface area (Å²) in [7, 11) is 1.91. The molecular weight excluding hydrogens is 136 g/mol. The molecule has 11 heavy (non-hydrogen) atoms. The molecule has 0 heterocycles. The van der Waals surface area contributed by atoms with E-state index < -0.39 is 0 Å². The van der Waals surface area contributed by atoms with Crippen molar-refractivity contribution in [3.05, 3.63) is 24.6 Å². The van der Waals surface area contributed by atoms with Gasteiger partial charge in [-0.3, -0.25) is 4.99 Å². The van der Waals surface area contributed by atoms with E-state index in [2.05, 4.69) is 30.7 Å². The van der Waals surface area contributed by atoms with Gasteiger partial charge in [0, 0.05) is 25.2 Å². The molecule has 0 radical (unpaired) electrons. The van der Waals surface area contributed by atoms with E-state index in [0.29, 0.717) is 5.92 Å². The molecule has 0 aromatic heterocycles. The molecule has 0 saturated carbocycles. The Hall–Kier alpha value is -1.05. The number of nitrogens with zero attached hydrogens (tertiary/aromatic N) is 1. The Morgan fingerprint density at radius 2 is 2.18 bits per heavy atom. The Bertz CT molecular complexity index is 166. The molecule has 0 spiro atoms. The third-order valence-electron chi connectivity index (χ3n) is 1.36. The van der Waals surface area contributed by atoms with Gasteiger partial charge in [-0.15, -0.1) is 0 Å². The van der Waals surface area contributed by atoms with E-state index in [1.54, 1.807) is 6.21 Å². The monoisotopic (exact) mass is 152 g/mol. The maximum absolute atomic E-state index is 3.86. The molecule has 2 heteroatoms. The second-order valence-corrected chi connectivity index (χ2v) is 2.51. The molecule has 0 aromatic rings. The van der Waals surface area contributed by atoms with Crippen LogP contribution in [0.5, 0.6) is 0 Å².